The van der Waals surface area contributed by atoms with Crippen molar-refractivity contribution in [3.05, 3.63) is 12.2 Å². The third kappa shape index (κ3) is 1.65. The summed E-state index contributed by atoms with van der Waals surface area (Å²) in [6, 6.07) is 0. The van der Waals surface area contributed by atoms with Crippen molar-refractivity contribution in [3.8, 4) is 5.40 Å². The van der Waals surface area contributed by atoms with Crippen LogP contribution in [0.5, 0.6) is 0 Å². The SMILES string of the molecule is N#CSCN1C(=O)[C@H]2CC=CC[C@@H]2C1=O. The number of rotatable bonds is 2. The van der Waals surface area contributed by atoms with Crippen LogP contribution in [0.1, 0.15) is 12.8 Å². The zero-order chi connectivity index (χ0) is 10.8. The molecule has 1 heterocycles. The molecule has 0 radical (unpaired) electrons. The van der Waals surface area contributed by atoms with Crippen molar-refractivity contribution >= 4 is 23.6 Å². The number of nitriles is 1. The Bertz CT molecular complexity index is 346. The minimum atomic E-state index is -0.179. The van der Waals surface area contributed by atoms with Crippen molar-refractivity contribution in [2.24, 2.45) is 11.8 Å². The molecule has 2 aliphatic rings. The maximum atomic E-state index is 11.8. The Hall–Kier alpha value is -1.28. The molecule has 0 spiro atoms. The number of hydrogen-bond acceptors (Lipinski definition) is 4. The van der Waals surface area contributed by atoms with E-state index in [0.717, 1.165) is 11.8 Å². The van der Waals surface area contributed by atoms with E-state index < -0.39 is 0 Å². The number of allylic oxidation sites excluding steroid dienone is 2. The van der Waals surface area contributed by atoms with Crippen molar-refractivity contribution < 1.29 is 9.59 Å². The summed E-state index contributed by atoms with van der Waals surface area (Å²) in [6.07, 6.45) is 5.21. The highest BCUT2D eigenvalue weighted by molar-refractivity contribution is 8.03. The lowest BCUT2D eigenvalue weighted by Crippen LogP contribution is -2.30. The van der Waals surface area contributed by atoms with Gasteiger partial charge in [-0.1, -0.05) is 12.2 Å². The highest BCUT2D eigenvalue weighted by atomic mass is 32.2. The number of thioether (sulfide) groups is 1. The average Bonchev–Trinajstić information content (AvgIpc) is 2.51. The number of nitrogens with zero attached hydrogens (tertiary/aromatic N) is 2. The molecule has 5 heteroatoms. The van der Waals surface area contributed by atoms with Crippen LogP contribution < -0.4 is 0 Å². The molecule has 1 aliphatic carbocycles. The number of amides is 2. The van der Waals surface area contributed by atoms with E-state index >= 15 is 0 Å². The number of carbonyl (C=O) groups is 2. The lowest BCUT2D eigenvalue weighted by Gasteiger charge is -2.14. The third-order valence-electron chi connectivity index (χ3n) is 2.86. The Kier molecular flexibility index (Phi) is 2.78. The molecule has 15 heavy (non-hydrogen) atoms. The molecule has 2 rings (SSSR count). The molecule has 2 amide bonds. The summed E-state index contributed by atoms with van der Waals surface area (Å²) in [4.78, 5) is 24.8. The molecule has 4 nitrogen and oxygen atoms in total. The van der Waals surface area contributed by atoms with Crippen LogP contribution in [0.3, 0.4) is 0 Å². The van der Waals surface area contributed by atoms with E-state index in [-0.39, 0.29) is 29.5 Å². The van der Waals surface area contributed by atoms with Gasteiger partial charge in [0.05, 0.1) is 17.7 Å². The van der Waals surface area contributed by atoms with Gasteiger partial charge >= 0.3 is 0 Å². The predicted molar refractivity (Wildman–Crippen MR) is 55.3 cm³/mol. The fraction of sp³-hybridized carbons (Fsp3) is 0.500. The molecule has 0 unspecified atom stereocenters. The zero-order valence-corrected chi connectivity index (χ0v) is 8.87. The molecule has 78 valence electrons. The monoisotopic (exact) mass is 222 g/mol. The van der Waals surface area contributed by atoms with Crippen molar-refractivity contribution in [2.45, 2.75) is 12.8 Å². The molecule has 1 saturated heterocycles. The van der Waals surface area contributed by atoms with Crippen LogP contribution in [0.2, 0.25) is 0 Å². The molecule has 0 saturated carbocycles. The largest absolute Gasteiger partial charge is 0.274 e. The van der Waals surface area contributed by atoms with E-state index in [1.54, 1.807) is 0 Å². The van der Waals surface area contributed by atoms with Crippen LogP contribution in [0.25, 0.3) is 0 Å². The molecule has 0 aromatic heterocycles. The minimum Gasteiger partial charge on any atom is -0.274 e. The fourth-order valence-corrected chi connectivity index (χ4v) is 2.53. The van der Waals surface area contributed by atoms with Crippen molar-refractivity contribution in [3.63, 3.8) is 0 Å². The summed E-state index contributed by atoms with van der Waals surface area (Å²) in [5.74, 6) is -0.418. The smallest absolute Gasteiger partial charge is 0.234 e. The van der Waals surface area contributed by atoms with Crippen molar-refractivity contribution in [1.29, 1.82) is 5.26 Å². The van der Waals surface area contributed by atoms with Gasteiger partial charge in [0, 0.05) is 0 Å². The van der Waals surface area contributed by atoms with E-state index in [1.807, 2.05) is 17.6 Å². The Morgan fingerprint density at radius 2 is 1.87 bits per heavy atom. The van der Waals surface area contributed by atoms with Crippen molar-refractivity contribution in [2.75, 3.05) is 5.88 Å². The standard InChI is InChI=1S/C10H10N2O2S/c11-5-15-6-12-9(13)7-3-1-2-4-8(7)10(12)14/h1-2,7-8H,3-4,6H2/t7-,8-/m0/s1. The van der Waals surface area contributed by atoms with Gasteiger partial charge in [-0.25, -0.2) is 0 Å². The van der Waals surface area contributed by atoms with Crippen LogP contribution in [-0.2, 0) is 9.59 Å². The highest BCUT2D eigenvalue weighted by Crippen LogP contribution is 2.35. The van der Waals surface area contributed by atoms with Gasteiger partial charge in [0.25, 0.3) is 0 Å². The third-order valence-corrected chi connectivity index (χ3v) is 3.37. The summed E-state index contributed by atoms with van der Waals surface area (Å²) in [5.41, 5.74) is 0. The number of carbonyl (C=O) groups excluding carboxylic acids is 2. The van der Waals surface area contributed by atoms with Crippen LogP contribution >= 0.6 is 11.8 Å². The number of fused-ring (bicyclic) bond motifs is 1. The molecule has 0 bridgehead atoms. The summed E-state index contributed by atoms with van der Waals surface area (Å²) < 4.78 is 0. The molecule has 0 aromatic carbocycles. The fourth-order valence-electron chi connectivity index (χ4n) is 2.09. The summed E-state index contributed by atoms with van der Waals surface area (Å²) >= 11 is 0.928. The first-order valence-corrected chi connectivity index (χ1v) is 5.75. The summed E-state index contributed by atoms with van der Waals surface area (Å²) in [5, 5.41) is 10.3. The normalized spacial score (nSPS) is 29.1. The Morgan fingerprint density at radius 3 is 2.33 bits per heavy atom. The number of thiocyanates is 1. The Morgan fingerprint density at radius 1 is 1.33 bits per heavy atom. The minimum absolute atomic E-state index is 0.114. The van der Waals surface area contributed by atoms with E-state index in [1.165, 1.54) is 4.90 Å². The molecule has 2 atom stereocenters. The molecule has 0 N–H and O–H groups in total. The van der Waals surface area contributed by atoms with Crippen LogP contribution in [-0.4, -0.2) is 22.6 Å². The first-order valence-electron chi connectivity index (χ1n) is 4.77. The van der Waals surface area contributed by atoms with Gasteiger partial charge in [-0.15, -0.1) is 0 Å². The van der Waals surface area contributed by atoms with E-state index in [2.05, 4.69) is 0 Å². The number of likely N-dealkylation sites (tertiary alicyclic amines) is 1. The van der Waals surface area contributed by atoms with Crippen molar-refractivity contribution in [1.82, 2.24) is 4.90 Å². The van der Waals surface area contributed by atoms with Gasteiger partial charge in [-0.2, -0.15) is 5.26 Å². The summed E-state index contributed by atoms with van der Waals surface area (Å²) in [7, 11) is 0. The maximum absolute atomic E-state index is 11.8. The number of imide groups is 1. The second-order valence-corrected chi connectivity index (χ2v) is 4.35. The Labute approximate surface area is 91.9 Å². The van der Waals surface area contributed by atoms with Crippen LogP contribution in [0.15, 0.2) is 12.2 Å². The number of hydrogen-bond donors (Lipinski definition) is 0. The van der Waals surface area contributed by atoms with E-state index in [9.17, 15) is 9.59 Å². The molecular formula is C10H10N2O2S. The first kappa shape index (κ1) is 10.2. The molecule has 0 aromatic rings. The second-order valence-electron chi connectivity index (χ2n) is 3.63. The molecule has 1 aliphatic heterocycles. The first-order chi connectivity index (χ1) is 7.25. The highest BCUT2D eigenvalue weighted by Gasteiger charge is 2.46. The van der Waals surface area contributed by atoms with Gasteiger partial charge in [0.2, 0.25) is 11.8 Å². The second kappa shape index (κ2) is 4.07. The average molecular weight is 222 g/mol. The van der Waals surface area contributed by atoms with Gasteiger partial charge in [0.1, 0.15) is 5.40 Å². The van der Waals surface area contributed by atoms with Gasteiger partial charge < -0.3 is 0 Å². The van der Waals surface area contributed by atoms with Gasteiger partial charge in [-0.3, -0.25) is 14.5 Å². The van der Waals surface area contributed by atoms with Crippen LogP contribution in [0.4, 0.5) is 0 Å². The Balaban J connectivity index is 2.14. The van der Waals surface area contributed by atoms with Gasteiger partial charge in [-0.05, 0) is 24.6 Å². The molecule has 1 fully saturated rings. The van der Waals surface area contributed by atoms with Gasteiger partial charge in [0.15, 0.2) is 0 Å². The quantitative estimate of drug-likeness (QED) is 0.399. The lowest BCUT2D eigenvalue weighted by atomic mass is 9.85. The van der Waals surface area contributed by atoms with E-state index in [0.29, 0.717) is 12.8 Å². The zero-order valence-electron chi connectivity index (χ0n) is 8.05. The summed E-state index contributed by atoms with van der Waals surface area (Å²) in [6.45, 7) is 0. The predicted octanol–water partition coefficient (Wildman–Crippen LogP) is 1.11. The maximum Gasteiger partial charge on any atom is 0.234 e. The topological polar surface area (TPSA) is 61.2 Å². The van der Waals surface area contributed by atoms with Crippen LogP contribution in [0, 0.1) is 22.5 Å². The van der Waals surface area contributed by atoms with E-state index in [4.69, 9.17) is 5.26 Å². The molecular weight excluding hydrogens is 212 g/mol. The lowest BCUT2D eigenvalue weighted by molar-refractivity contribution is -0.138.